The van der Waals surface area contributed by atoms with Crippen LogP contribution in [-0.4, -0.2) is 33.0 Å². The third-order valence-electron chi connectivity index (χ3n) is 5.75. The van der Waals surface area contributed by atoms with Crippen LogP contribution in [0.2, 0.25) is 0 Å². The van der Waals surface area contributed by atoms with E-state index in [1.165, 1.54) is 4.31 Å². The van der Waals surface area contributed by atoms with Gasteiger partial charge in [-0.2, -0.15) is 0 Å². The highest BCUT2D eigenvalue weighted by Gasteiger charge is 2.19. The summed E-state index contributed by atoms with van der Waals surface area (Å²) in [4.78, 5) is 25.6. The van der Waals surface area contributed by atoms with Crippen molar-refractivity contribution in [3.8, 4) is 0 Å². The first kappa shape index (κ1) is 26.9. The summed E-state index contributed by atoms with van der Waals surface area (Å²) in [5, 5.41) is 5.77. The lowest BCUT2D eigenvalue weighted by molar-refractivity contribution is -0.116. The van der Waals surface area contributed by atoms with Gasteiger partial charge in [0, 0.05) is 13.0 Å². The van der Waals surface area contributed by atoms with E-state index in [1.54, 1.807) is 24.3 Å². The van der Waals surface area contributed by atoms with E-state index in [4.69, 9.17) is 0 Å². The van der Waals surface area contributed by atoms with E-state index in [1.807, 2.05) is 69.3 Å². The Morgan fingerprint density at radius 3 is 2.17 bits per heavy atom. The molecule has 36 heavy (non-hydrogen) atoms. The summed E-state index contributed by atoms with van der Waals surface area (Å²) in [6.07, 6.45) is 1.59. The Hall–Kier alpha value is -3.65. The van der Waals surface area contributed by atoms with E-state index in [9.17, 15) is 18.0 Å². The molecule has 0 aromatic heterocycles. The predicted molar refractivity (Wildman–Crippen MR) is 145 cm³/mol. The zero-order valence-electron chi connectivity index (χ0n) is 21.1. The van der Waals surface area contributed by atoms with Gasteiger partial charge in [0.15, 0.2) is 0 Å². The molecule has 1 atom stereocenters. The van der Waals surface area contributed by atoms with Gasteiger partial charge in [-0.25, -0.2) is 8.42 Å². The van der Waals surface area contributed by atoms with Crippen LogP contribution >= 0.6 is 0 Å². The lowest BCUT2D eigenvalue weighted by Gasteiger charge is -2.23. The van der Waals surface area contributed by atoms with Crippen LogP contribution in [0.15, 0.2) is 72.8 Å². The van der Waals surface area contributed by atoms with Crippen LogP contribution in [0.3, 0.4) is 0 Å². The number of aryl methyl sites for hydroxylation is 2. The quantitative estimate of drug-likeness (QED) is 0.405. The van der Waals surface area contributed by atoms with E-state index in [0.717, 1.165) is 22.9 Å². The van der Waals surface area contributed by atoms with Crippen LogP contribution in [0.1, 0.15) is 52.9 Å². The number of anilines is 2. The number of amides is 2. The standard InChI is InChI=1S/C28H33N3O4S/c1-20-17-21(2)19-24(18-20)31(36(4,34)35)16-10-15-27(32)30-26-14-9-8-13-25(26)28(33)29-22(3)23-11-6-5-7-12-23/h5-9,11-14,17-19,22H,10,15-16H2,1-4H3,(H,29,33)(H,30,32)/t22-/m0/s1. The summed E-state index contributed by atoms with van der Waals surface area (Å²) >= 11 is 0. The van der Waals surface area contributed by atoms with Gasteiger partial charge in [0.2, 0.25) is 15.9 Å². The molecular weight excluding hydrogens is 474 g/mol. The molecule has 0 unspecified atom stereocenters. The van der Waals surface area contributed by atoms with Crippen molar-refractivity contribution in [1.29, 1.82) is 0 Å². The summed E-state index contributed by atoms with van der Waals surface area (Å²) in [5.41, 5.74) is 4.27. The Balaban J connectivity index is 1.63. The Morgan fingerprint density at radius 1 is 0.917 bits per heavy atom. The Morgan fingerprint density at radius 2 is 1.53 bits per heavy atom. The molecule has 0 aliphatic rings. The van der Waals surface area contributed by atoms with E-state index in [0.29, 0.717) is 23.4 Å². The molecule has 0 radical (unpaired) electrons. The van der Waals surface area contributed by atoms with E-state index >= 15 is 0 Å². The fraction of sp³-hybridized carbons (Fsp3) is 0.286. The normalized spacial score (nSPS) is 12.0. The number of nitrogens with one attached hydrogen (secondary N) is 2. The maximum absolute atomic E-state index is 12.9. The van der Waals surface area contributed by atoms with Crippen molar-refractivity contribution < 1.29 is 18.0 Å². The van der Waals surface area contributed by atoms with Crippen molar-refractivity contribution >= 4 is 33.2 Å². The third-order valence-corrected chi connectivity index (χ3v) is 6.95. The summed E-state index contributed by atoms with van der Waals surface area (Å²) in [6, 6.07) is 21.9. The average Bonchev–Trinajstić information content (AvgIpc) is 2.81. The molecule has 0 aliphatic heterocycles. The van der Waals surface area contributed by atoms with E-state index < -0.39 is 10.0 Å². The van der Waals surface area contributed by atoms with Crippen molar-refractivity contribution in [2.75, 3.05) is 22.4 Å². The smallest absolute Gasteiger partial charge is 0.253 e. The van der Waals surface area contributed by atoms with Gasteiger partial charge in [0.1, 0.15) is 0 Å². The summed E-state index contributed by atoms with van der Waals surface area (Å²) in [6.45, 7) is 5.90. The Labute approximate surface area is 213 Å². The first-order chi connectivity index (χ1) is 17.0. The second kappa shape index (κ2) is 11.9. The Bertz CT molecular complexity index is 1300. The zero-order chi connectivity index (χ0) is 26.3. The molecule has 8 heteroatoms. The number of hydrogen-bond acceptors (Lipinski definition) is 4. The van der Waals surface area contributed by atoms with Gasteiger partial charge in [-0.05, 0) is 68.1 Å². The SMILES string of the molecule is Cc1cc(C)cc(N(CCCC(=O)Nc2ccccc2C(=O)N[C@@H](C)c2ccccc2)S(C)(=O)=O)c1. The van der Waals surface area contributed by atoms with Gasteiger partial charge in [-0.3, -0.25) is 13.9 Å². The first-order valence-electron chi connectivity index (χ1n) is 11.9. The highest BCUT2D eigenvalue weighted by atomic mass is 32.2. The Kier molecular flexibility index (Phi) is 8.88. The molecule has 3 aromatic rings. The van der Waals surface area contributed by atoms with E-state index in [2.05, 4.69) is 10.6 Å². The van der Waals surface area contributed by atoms with Gasteiger partial charge in [0.05, 0.1) is 29.2 Å². The maximum Gasteiger partial charge on any atom is 0.253 e. The minimum absolute atomic E-state index is 0.104. The predicted octanol–water partition coefficient (Wildman–Crippen LogP) is 4.98. The highest BCUT2D eigenvalue weighted by Crippen LogP contribution is 2.22. The number of hydrogen-bond donors (Lipinski definition) is 2. The second-order valence-corrected chi connectivity index (χ2v) is 10.9. The molecule has 0 fully saturated rings. The van der Waals surface area contributed by atoms with E-state index in [-0.39, 0.29) is 30.8 Å². The molecule has 0 aliphatic carbocycles. The number of para-hydroxylation sites is 1. The van der Waals surface area contributed by atoms with Gasteiger partial charge < -0.3 is 10.6 Å². The minimum Gasteiger partial charge on any atom is -0.345 e. The van der Waals surface area contributed by atoms with Crippen LogP contribution in [0.25, 0.3) is 0 Å². The van der Waals surface area contributed by atoms with Crippen molar-refractivity contribution in [3.63, 3.8) is 0 Å². The summed E-state index contributed by atoms with van der Waals surface area (Å²) in [5.74, 6) is -0.583. The topological polar surface area (TPSA) is 95.6 Å². The molecule has 3 rings (SSSR count). The maximum atomic E-state index is 12.9. The average molecular weight is 508 g/mol. The van der Waals surface area contributed by atoms with Crippen LogP contribution in [-0.2, 0) is 14.8 Å². The summed E-state index contributed by atoms with van der Waals surface area (Å²) in [7, 11) is -3.51. The number of sulfonamides is 1. The highest BCUT2D eigenvalue weighted by molar-refractivity contribution is 7.92. The number of nitrogens with zero attached hydrogens (tertiary/aromatic N) is 1. The molecule has 2 amide bonds. The lowest BCUT2D eigenvalue weighted by Crippen LogP contribution is -2.31. The van der Waals surface area contributed by atoms with Gasteiger partial charge in [-0.1, -0.05) is 48.5 Å². The largest absolute Gasteiger partial charge is 0.345 e. The second-order valence-electron chi connectivity index (χ2n) is 8.98. The molecule has 3 aromatic carbocycles. The zero-order valence-corrected chi connectivity index (χ0v) is 21.9. The minimum atomic E-state index is -3.51. The van der Waals surface area contributed by atoms with Crippen molar-refractivity contribution in [2.45, 2.75) is 39.7 Å². The molecule has 7 nitrogen and oxygen atoms in total. The van der Waals surface area contributed by atoms with Crippen LogP contribution in [0.4, 0.5) is 11.4 Å². The lowest BCUT2D eigenvalue weighted by atomic mass is 10.1. The first-order valence-corrected chi connectivity index (χ1v) is 13.7. The fourth-order valence-corrected chi connectivity index (χ4v) is 5.02. The molecule has 2 N–H and O–H groups in total. The molecular formula is C28H33N3O4S. The van der Waals surface area contributed by atoms with Crippen molar-refractivity contribution in [1.82, 2.24) is 5.32 Å². The summed E-state index contributed by atoms with van der Waals surface area (Å²) < 4.78 is 26.2. The number of benzene rings is 3. The molecule has 0 heterocycles. The molecule has 0 saturated heterocycles. The molecule has 0 spiro atoms. The molecule has 190 valence electrons. The van der Waals surface area contributed by atoms with Crippen LogP contribution in [0.5, 0.6) is 0 Å². The molecule has 0 bridgehead atoms. The number of carbonyl (C=O) groups is 2. The number of carbonyl (C=O) groups excluding carboxylic acids is 2. The third kappa shape index (κ3) is 7.42. The van der Waals surface area contributed by atoms with Gasteiger partial charge in [-0.15, -0.1) is 0 Å². The van der Waals surface area contributed by atoms with Crippen LogP contribution < -0.4 is 14.9 Å². The van der Waals surface area contributed by atoms with Crippen LogP contribution in [0, 0.1) is 13.8 Å². The van der Waals surface area contributed by atoms with Gasteiger partial charge >= 0.3 is 0 Å². The number of rotatable bonds is 10. The van der Waals surface area contributed by atoms with Crippen molar-refractivity contribution in [3.05, 3.63) is 95.1 Å². The van der Waals surface area contributed by atoms with Gasteiger partial charge in [0.25, 0.3) is 5.91 Å². The fourth-order valence-electron chi connectivity index (χ4n) is 4.07. The molecule has 0 saturated carbocycles. The van der Waals surface area contributed by atoms with Crippen molar-refractivity contribution in [2.24, 2.45) is 0 Å². The monoisotopic (exact) mass is 507 g/mol.